The van der Waals surface area contributed by atoms with Gasteiger partial charge in [-0.2, -0.15) is 15.0 Å². The summed E-state index contributed by atoms with van der Waals surface area (Å²) in [7, 11) is 0. The number of benzene rings is 1. The van der Waals surface area contributed by atoms with Crippen molar-refractivity contribution in [3.05, 3.63) is 36.7 Å². The van der Waals surface area contributed by atoms with Gasteiger partial charge in [0.2, 0.25) is 5.91 Å². The van der Waals surface area contributed by atoms with Crippen molar-refractivity contribution >= 4 is 11.6 Å². The quantitative estimate of drug-likeness (QED) is 0.895. The molecule has 2 aromatic rings. The maximum absolute atomic E-state index is 12.0. The van der Waals surface area contributed by atoms with E-state index in [0.717, 1.165) is 37.3 Å². The van der Waals surface area contributed by atoms with Gasteiger partial charge >= 0.3 is 0 Å². The predicted octanol–water partition coefficient (Wildman–Crippen LogP) is 1.60. The van der Waals surface area contributed by atoms with Crippen LogP contribution in [0.15, 0.2) is 36.7 Å². The van der Waals surface area contributed by atoms with Gasteiger partial charge in [0.15, 0.2) is 0 Å². The zero-order valence-corrected chi connectivity index (χ0v) is 11.8. The third kappa shape index (κ3) is 3.66. The number of piperidine rings is 1. The van der Waals surface area contributed by atoms with E-state index in [4.69, 9.17) is 0 Å². The Hall–Kier alpha value is -2.21. The number of rotatable bonds is 4. The minimum atomic E-state index is 0.0775. The largest absolute Gasteiger partial charge is 0.326 e. The molecule has 2 N–H and O–H groups in total. The molecule has 1 aliphatic heterocycles. The number of aromatic nitrogens is 3. The number of hydrogen-bond donors (Lipinski definition) is 2. The van der Waals surface area contributed by atoms with Crippen molar-refractivity contribution in [2.45, 2.75) is 19.3 Å². The number of nitrogens with zero attached hydrogens (tertiary/aromatic N) is 3. The molecule has 6 nitrogen and oxygen atoms in total. The van der Waals surface area contributed by atoms with Gasteiger partial charge in [-0.15, -0.1) is 0 Å². The smallest absolute Gasteiger partial charge is 0.224 e. The second-order valence-electron chi connectivity index (χ2n) is 5.33. The standard InChI is InChI=1S/C15H19N5O/c21-15(10-12-2-1-7-16-11-12)19-13-3-5-14(6-4-13)20-17-8-9-18-20/h3-6,8-9,12,16H,1-2,7,10-11H2,(H,19,21). The third-order valence-corrected chi connectivity index (χ3v) is 3.67. The van der Waals surface area contributed by atoms with Gasteiger partial charge in [-0.25, -0.2) is 0 Å². The van der Waals surface area contributed by atoms with Crippen LogP contribution in [-0.4, -0.2) is 34.0 Å². The zero-order valence-electron chi connectivity index (χ0n) is 11.8. The van der Waals surface area contributed by atoms with Crippen molar-refractivity contribution in [1.82, 2.24) is 20.3 Å². The molecule has 21 heavy (non-hydrogen) atoms. The van der Waals surface area contributed by atoms with Gasteiger partial charge in [0, 0.05) is 12.1 Å². The van der Waals surface area contributed by atoms with Crippen LogP contribution >= 0.6 is 0 Å². The lowest BCUT2D eigenvalue weighted by molar-refractivity contribution is -0.117. The first-order valence-corrected chi connectivity index (χ1v) is 7.28. The summed E-state index contributed by atoms with van der Waals surface area (Å²) in [6.07, 6.45) is 6.13. The van der Waals surface area contributed by atoms with Crippen LogP contribution in [0.5, 0.6) is 0 Å². The van der Waals surface area contributed by atoms with E-state index in [-0.39, 0.29) is 5.91 Å². The SMILES string of the molecule is O=C(CC1CCCNC1)Nc1ccc(-n2nccn2)cc1. The molecule has 1 amide bonds. The number of anilines is 1. The highest BCUT2D eigenvalue weighted by Gasteiger charge is 2.16. The van der Waals surface area contributed by atoms with Crippen LogP contribution in [0.3, 0.4) is 0 Å². The first kappa shape index (κ1) is 13.8. The van der Waals surface area contributed by atoms with Gasteiger partial charge in [0.25, 0.3) is 0 Å². The zero-order chi connectivity index (χ0) is 14.5. The molecule has 0 spiro atoms. The van der Waals surface area contributed by atoms with Crippen LogP contribution in [0, 0.1) is 5.92 Å². The molecule has 1 aromatic carbocycles. The number of carbonyl (C=O) groups is 1. The van der Waals surface area contributed by atoms with E-state index in [2.05, 4.69) is 20.8 Å². The van der Waals surface area contributed by atoms with E-state index >= 15 is 0 Å². The van der Waals surface area contributed by atoms with Crippen LogP contribution < -0.4 is 10.6 Å². The highest BCUT2D eigenvalue weighted by molar-refractivity contribution is 5.90. The lowest BCUT2D eigenvalue weighted by atomic mass is 9.96. The summed E-state index contributed by atoms with van der Waals surface area (Å²) in [5.74, 6) is 0.528. The third-order valence-electron chi connectivity index (χ3n) is 3.67. The Morgan fingerprint density at radius 1 is 1.29 bits per heavy atom. The predicted molar refractivity (Wildman–Crippen MR) is 80.2 cm³/mol. The number of hydrogen-bond acceptors (Lipinski definition) is 4. The molecule has 6 heteroatoms. The van der Waals surface area contributed by atoms with Gasteiger partial charge in [-0.3, -0.25) is 4.79 Å². The lowest BCUT2D eigenvalue weighted by Gasteiger charge is -2.22. The highest BCUT2D eigenvalue weighted by atomic mass is 16.1. The molecule has 1 fully saturated rings. The van der Waals surface area contributed by atoms with Crippen LogP contribution in [0.25, 0.3) is 5.69 Å². The Morgan fingerprint density at radius 2 is 2.05 bits per heavy atom. The molecule has 1 saturated heterocycles. The van der Waals surface area contributed by atoms with Crippen molar-refractivity contribution < 1.29 is 4.79 Å². The summed E-state index contributed by atoms with van der Waals surface area (Å²) < 4.78 is 0. The van der Waals surface area contributed by atoms with Gasteiger partial charge < -0.3 is 10.6 Å². The van der Waals surface area contributed by atoms with E-state index < -0.39 is 0 Å². The topological polar surface area (TPSA) is 71.8 Å². The van der Waals surface area contributed by atoms with Crippen molar-refractivity contribution in [2.24, 2.45) is 5.92 Å². The molecule has 1 aliphatic rings. The number of nitrogens with one attached hydrogen (secondary N) is 2. The summed E-state index contributed by atoms with van der Waals surface area (Å²) in [6.45, 7) is 2.01. The fourth-order valence-electron chi connectivity index (χ4n) is 2.60. The Morgan fingerprint density at radius 3 is 2.71 bits per heavy atom. The molecule has 0 saturated carbocycles. The maximum Gasteiger partial charge on any atom is 0.224 e. The van der Waals surface area contributed by atoms with Gasteiger partial charge in [-0.05, 0) is 56.1 Å². The molecule has 2 heterocycles. The van der Waals surface area contributed by atoms with Crippen LogP contribution in [0.1, 0.15) is 19.3 Å². The first-order chi connectivity index (χ1) is 10.3. The van der Waals surface area contributed by atoms with E-state index in [0.29, 0.717) is 12.3 Å². The summed E-state index contributed by atoms with van der Waals surface area (Å²) in [5.41, 5.74) is 1.68. The molecule has 0 radical (unpaired) electrons. The molecular weight excluding hydrogens is 266 g/mol. The van der Waals surface area contributed by atoms with Crippen molar-refractivity contribution in [1.29, 1.82) is 0 Å². The second kappa shape index (κ2) is 6.49. The average molecular weight is 285 g/mol. The average Bonchev–Trinajstić information content (AvgIpc) is 3.03. The molecular formula is C15H19N5O. The molecule has 3 rings (SSSR count). The van der Waals surface area contributed by atoms with E-state index in [1.54, 1.807) is 17.2 Å². The summed E-state index contributed by atoms with van der Waals surface area (Å²) in [6, 6.07) is 7.51. The Balaban J connectivity index is 1.56. The Bertz CT molecular complexity index is 573. The summed E-state index contributed by atoms with van der Waals surface area (Å²) in [4.78, 5) is 13.6. The lowest BCUT2D eigenvalue weighted by Crippen LogP contribution is -2.32. The Kier molecular flexibility index (Phi) is 4.25. The molecule has 1 aromatic heterocycles. The summed E-state index contributed by atoms with van der Waals surface area (Å²) in [5, 5.41) is 14.4. The molecule has 0 bridgehead atoms. The second-order valence-corrected chi connectivity index (χ2v) is 5.33. The van der Waals surface area contributed by atoms with Gasteiger partial charge in [0.05, 0.1) is 18.1 Å². The minimum Gasteiger partial charge on any atom is -0.326 e. The van der Waals surface area contributed by atoms with Gasteiger partial charge in [-0.1, -0.05) is 0 Å². The first-order valence-electron chi connectivity index (χ1n) is 7.28. The number of amides is 1. The van der Waals surface area contributed by atoms with Crippen molar-refractivity contribution in [3.63, 3.8) is 0 Å². The highest BCUT2D eigenvalue weighted by Crippen LogP contribution is 2.16. The monoisotopic (exact) mass is 285 g/mol. The van der Waals surface area contributed by atoms with E-state index in [9.17, 15) is 4.79 Å². The Labute approximate surface area is 123 Å². The molecule has 1 atom stereocenters. The van der Waals surface area contributed by atoms with Crippen LogP contribution in [0.4, 0.5) is 5.69 Å². The fraction of sp³-hybridized carbons (Fsp3) is 0.400. The van der Waals surface area contributed by atoms with Crippen molar-refractivity contribution in [3.8, 4) is 5.69 Å². The van der Waals surface area contributed by atoms with Crippen molar-refractivity contribution in [2.75, 3.05) is 18.4 Å². The molecule has 110 valence electrons. The molecule has 0 aliphatic carbocycles. The normalized spacial score (nSPS) is 18.4. The van der Waals surface area contributed by atoms with Gasteiger partial charge in [0.1, 0.15) is 0 Å². The number of carbonyl (C=O) groups excluding carboxylic acids is 1. The van der Waals surface area contributed by atoms with Crippen LogP contribution in [-0.2, 0) is 4.79 Å². The van der Waals surface area contributed by atoms with E-state index in [1.165, 1.54) is 0 Å². The fourth-order valence-corrected chi connectivity index (χ4v) is 2.60. The minimum absolute atomic E-state index is 0.0775. The maximum atomic E-state index is 12.0. The summed E-state index contributed by atoms with van der Waals surface area (Å²) >= 11 is 0. The van der Waals surface area contributed by atoms with E-state index in [1.807, 2.05) is 24.3 Å². The van der Waals surface area contributed by atoms with Crippen LogP contribution in [0.2, 0.25) is 0 Å². The molecule has 1 unspecified atom stereocenters.